The quantitative estimate of drug-likeness (QED) is 0.904. The summed E-state index contributed by atoms with van der Waals surface area (Å²) in [5.74, 6) is 3.05. The summed E-state index contributed by atoms with van der Waals surface area (Å²) in [4.78, 5) is 0. The molecule has 0 radical (unpaired) electrons. The molecule has 3 rings (SSSR count). The van der Waals surface area contributed by atoms with Gasteiger partial charge in [-0.25, -0.2) is 0 Å². The van der Waals surface area contributed by atoms with Gasteiger partial charge in [-0.15, -0.1) is 0 Å². The number of hydrogen-bond acceptors (Lipinski definition) is 3. The lowest BCUT2D eigenvalue weighted by molar-refractivity contribution is 0.356. The first-order valence-corrected chi connectivity index (χ1v) is 7.39. The Labute approximate surface area is 119 Å². The second kappa shape index (κ2) is 5.71. The van der Waals surface area contributed by atoms with E-state index in [9.17, 15) is 0 Å². The standard InChI is InChI=1S/C17H21NO2/c1-3-14-6-8-16(20-14)17(18-4-2)13-5-7-15-12(11-13)9-10-19-15/h5-8,11,17-18H,3-4,9-10H2,1-2H3. The van der Waals surface area contributed by atoms with Crippen LogP contribution in [-0.4, -0.2) is 13.2 Å². The molecule has 1 atom stereocenters. The third-order valence-electron chi connectivity index (χ3n) is 3.77. The molecule has 106 valence electrons. The van der Waals surface area contributed by atoms with Gasteiger partial charge in [-0.2, -0.15) is 0 Å². The van der Waals surface area contributed by atoms with Crippen LogP contribution in [0, 0.1) is 0 Å². The van der Waals surface area contributed by atoms with E-state index < -0.39 is 0 Å². The minimum atomic E-state index is 0.117. The van der Waals surface area contributed by atoms with Crippen LogP contribution in [0.15, 0.2) is 34.7 Å². The van der Waals surface area contributed by atoms with Crippen molar-refractivity contribution in [2.45, 2.75) is 32.7 Å². The van der Waals surface area contributed by atoms with E-state index in [1.165, 1.54) is 11.1 Å². The second-order valence-electron chi connectivity index (χ2n) is 5.11. The SMILES string of the molecule is CCNC(c1ccc2c(c1)CCO2)c1ccc(CC)o1. The zero-order valence-corrected chi connectivity index (χ0v) is 12.1. The van der Waals surface area contributed by atoms with Crippen molar-refractivity contribution < 1.29 is 9.15 Å². The molecule has 0 bridgehead atoms. The van der Waals surface area contributed by atoms with Gasteiger partial charge in [-0.1, -0.05) is 19.9 Å². The fourth-order valence-electron chi connectivity index (χ4n) is 2.71. The molecule has 3 heteroatoms. The van der Waals surface area contributed by atoms with Crippen LogP contribution in [0.25, 0.3) is 0 Å². The van der Waals surface area contributed by atoms with Crippen LogP contribution < -0.4 is 10.1 Å². The highest BCUT2D eigenvalue weighted by Crippen LogP contribution is 2.31. The Balaban J connectivity index is 1.93. The Morgan fingerprint density at radius 3 is 2.85 bits per heavy atom. The van der Waals surface area contributed by atoms with Gasteiger partial charge in [0.1, 0.15) is 17.3 Å². The predicted molar refractivity (Wildman–Crippen MR) is 79.2 cm³/mol. The van der Waals surface area contributed by atoms with Gasteiger partial charge in [0.15, 0.2) is 0 Å². The van der Waals surface area contributed by atoms with E-state index in [4.69, 9.17) is 9.15 Å². The molecular weight excluding hydrogens is 250 g/mol. The molecule has 1 N–H and O–H groups in total. The van der Waals surface area contributed by atoms with Crippen molar-refractivity contribution in [3.8, 4) is 5.75 Å². The summed E-state index contributed by atoms with van der Waals surface area (Å²) in [5, 5.41) is 3.51. The maximum atomic E-state index is 5.93. The highest BCUT2D eigenvalue weighted by molar-refractivity contribution is 5.42. The van der Waals surface area contributed by atoms with Crippen molar-refractivity contribution in [1.29, 1.82) is 0 Å². The van der Waals surface area contributed by atoms with Gasteiger partial charge in [0.05, 0.1) is 12.6 Å². The summed E-state index contributed by atoms with van der Waals surface area (Å²) in [6.45, 7) is 5.93. The predicted octanol–water partition coefficient (Wildman–Crippen LogP) is 3.48. The summed E-state index contributed by atoms with van der Waals surface area (Å²) in [6.07, 6.45) is 1.93. The van der Waals surface area contributed by atoms with Gasteiger partial charge in [0, 0.05) is 12.8 Å². The van der Waals surface area contributed by atoms with Gasteiger partial charge in [-0.05, 0) is 41.9 Å². The van der Waals surface area contributed by atoms with Crippen LogP contribution >= 0.6 is 0 Å². The van der Waals surface area contributed by atoms with E-state index in [1.807, 2.05) is 0 Å². The highest BCUT2D eigenvalue weighted by atomic mass is 16.5. The third-order valence-corrected chi connectivity index (χ3v) is 3.77. The van der Waals surface area contributed by atoms with Crippen LogP contribution in [0.1, 0.15) is 42.5 Å². The topological polar surface area (TPSA) is 34.4 Å². The first-order chi connectivity index (χ1) is 9.81. The van der Waals surface area contributed by atoms with E-state index in [-0.39, 0.29) is 6.04 Å². The summed E-state index contributed by atoms with van der Waals surface area (Å²) in [5.41, 5.74) is 2.54. The van der Waals surface area contributed by atoms with E-state index in [0.29, 0.717) is 0 Å². The number of furan rings is 1. The van der Waals surface area contributed by atoms with Crippen molar-refractivity contribution in [1.82, 2.24) is 5.32 Å². The molecule has 2 heterocycles. The molecule has 1 aromatic heterocycles. The Kier molecular flexibility index (Phi) is 3.79. The number of benzene rings is 1. The molecule has 0 aliphatic carbocycles. The van der Waals surface area contributed by atoms with Crippen molar-refractivity contribution in [3.05, 3.63) is 53.0 Å². The number of hydrogen-bond donors (Lipinski definition) is 1. The molecule has 1 aromatic carbocycles. The average molecular weight is 271 g/mol. The van der Waals surface area contributed by atoms with Gasteiger partial charge < -0.3 is 14.5 Å². The number of nitrogens with one attached hydrogen (secondary N) is 1. The number of fused-ring (bicyclic) bond motifs is 1. The zero-order valence-electron chi connectivity index (χ0n) is 12.1. The molecule has 1 unspecified atom stereocenters. The molecular formula is C17H21NO2. The number of rotatable bonds is 5. The van der Waals surface area contributed by atoms with Gasteiger partial charge in [-0.3, -0.25) is 0 Å². The van der Waals surface area contributed by atoms with E-state index in [1.54, 1.807) is 0 Å². The summed E-state index contributed by atoms with van der Waals surface area (Å²) < 4.78 is 11.5. The Hall–Kier alpha value is -1.74. The van der Waals surface area contributed by atoms with E-state index >= 15 is 0 Å². The smallest absolute Gasteiger partial charge is 0.125 e. The largest absolute Gasteiger partial charge is 0.493 e. The molecule has 0 saturated carbocycles. The maximum Gasteiger partial charge on any atom is 0.125 e. The van der Waals surface area contributed by atoms with Crippen LogP contribution in [0.4, 0.5) is 0 Å². The third kappa shape index (κ3) is 2.46. The van der Waals surface area contributed by atoms with Gasteiger partial charge >= 0.3 is 0 Å². The molecule has 0 amide bonds. The molecule has 0 saturated heterocycles. The lowest BCUT2D eigenvalue weighted by Gasteiger charge is -2.17. The monoisotopic (exact) mass is 271 g/mol. The summed E-state index contributed by atoms with van der Waals surface area (Å²) in [7, 11) is 0. The van der Waals surface area contributed by atoms with Crippen LogP contribution in [0.2, 0.25) is 0 Å². The fraction of sp³-hybridized carbons (Fsp3) is 0.412. The Morgan fingerprint density at radius 2 is 2.10 bits per heavy atom. The van der Waals surface area contributed by atoms with E-state index in [0.717, 1.165) is 43.3 Å². The van der Waals surface area contributed by atoms with Gasteiger partial charge in [0.25, 0.3) is 0 Å². The fourth-order valence-corrected chi connectivity index (χ4v) is 2.71. The lowest BCUT2D eigenvalue weighted by Crippen LogP contribution is -2.21. The molecule has 2 aromatic rings. The molecule has 3 nitrogen and oxygen atoms in total. The lowest BCUT2D eigenvalue weighted by atomic mass is 10.0. The molecule has 1 aliphatic heterocycles. The minimum Gasteiger partial charge on any atom is -0.493 e. The average Bonchev–Trinajstić information content (AvgIpc) is 3.12. The van der Waals surface area contributed by atoms with Crippen LogP contribution in [0.5, 0.6) is 5.75 Å². The molecule has 0 spiro atoms. The molecule has 0 fully saturated rings. The summed E-state index contributed by atoms with van der Waals surface area (Å²) in [6, 6.07) is 10.7. The first kappa shape index (κ1) is 13.3. The first-order valence-electron chi connectivity index (χ1n) is 7.39. The summed E-state index contributed by atoms with van der Waals surface area (Å²) >= 11 is 0. The van der Waals surface area contributed by atoms with Crippen molar-refractivity contribution in [3.63, 3.8) is 0 Å². The molecule has 20 heavy (non-hydrogen) atoms. The minimum absolute atomic E-state index is 0.117. The Morgan fingerprint density at radius 1 is 1.20 bits per heavy atom. The number of ether oxygens (including phenoxy) is 1. The van der Waals surface area contributed by atoms with E-state index in [2.05, 4.69) is 49.5 Å². The number of aryl methyl sites for hydroxylation is 1. The van der Waals surface area contributed by atoms with Gasteiger partial charge in [0.2, 0.25) is 0 Å². The normalized spacial score (nSPS) is 14.9. The van der Waals surface area contributed by atoms with Crippen molar-refractivity contribution in [2.24, 2.45) is 0 Å². The maximum absolute atomic E-state index is 5.93. The van der Waals surface area contributed by atoms with Crippen molar-refractivity contribution >= 4 is 0 Å². The van der Waals surface area contributed by atoms with Crippen LogP contribution in [0.3, 0.4) is 0 Å². The second-order valence-corrected chi connectivity index (χ2v) is 5.11. The Bertz CT molecular complexity index is 588. The zero-order chi connectivity index (χ0) is 13.9. The molecule has 1 aliphatic rings. The highest BCUT2D eigenvalue weighted by Gasteiger charge is 2.20. The van der Waals surface area contributed by atoms with Crippen molar-refractivity contribution in [2.75, 3.05) is 13.2 Å². The van der Waals surface area contributed by atoms with Crippen LogP contribution in [-0.2, 0) is 12.8 Å².